The third-order valence-electron chi connectivity index (χ3n) is 2.79. The number of rotatable bonds is 5. The van der Waals surface area contributed by atoms with Crippen molar-refractivity contribution in [1.29, 1.82) is 0 Å². The van der Waals surface area contributed by atoms with E-state index in [1.165, 1.54) is 12.1 Å². The van der Waals surface area contributed by atoms with Crippen LogP contribution in [0.15, 0.2) is 36.4 Å². The van der Waals surface area contributed by atoms with Crippen molar-refractivity contribution in [2.45, 2.75) is 11.9 Å². The van der Waals surface area contributed by atoms with Gasteiger partial charge in [0.1, 0.15) is 23.9 Å². The monoisotopic (exact) mass is 358 g/mol. The molecule has 2 aromatic rings. The summed E-state index contributed by atoms with van der Waals surface area (Å²) in [5.74, 6) is 1.05. The highest BCUT2D eigenvalue weighted by Crippen LogP contribution is 2.27. The van der Waals surface area contributed by atoms with Crippen molar-refractivity contribution in [3.05, 3.63) is 58.4 Å². The second kappa shape index (κ2) is 6.95. The molecule has 0 bridgehead atoms. The van der Waals surface area contributed by atoms with Gasteiger partial charge < -0.3 is 9.47 Å². The van der Waals surface area contributed by atoms with Crippen LogP contribution >= 0.6 is 27.5 Å². The maximum atomic E-state index is 13.2. The Morgan fingerprint density at radius 3 is 2.55 bits per heavy atom. The van der Waals surface area contributed by atoms with Gasteiger partial charge in [-0.05, 0) is 36.4 Å². The molecule has 2 nitrogen and oxygen atoms in total. The largest absolute Gasteiger partial charge is 0.496 e. The van der Waals surface area contributed by atoms with E-state index in [2.05, 4.69) is 15.9 Å². The highest BCUT2D eigenvalue weighted by atomic mass is 79.9. The van der Waals surface area contributed by atoms with Crippen LogP contribution < -0.4 is 9.47 Å². The van der Waals surface area contributed by atoms with E-state index >= 15 is 0 Å². The quantitative estimate of drug-likeness (QED) is 0.702. The van der Waals surface area contributed by atoms with Crippen molar-refractivity contribution >= 4 is 27.5 Å². The van der Waals surface area contributed by atoms with Crippen molar-refractivity contribution in [3.8, 4) is 11.5 Å². The van der Waals surface area contributed by atoms with Gasteiger partial charge in [0.15, 0.2) is 0 Å². The standard InChI is InChI=1S/C15H13BrClFO2/c1-19-14-4-2-12(17)6-11(14)9-20-15-5-3-13(18)7-10(15)8-16/h2-7H,8-9H2,1H3. The van der Waals surface area contributed by atoms with Gasteiger partial charge in [-0.3, -0.25) is 0 Å². The van der Waals surface area contributed by atoms with Crippen molar-refractivity contribution in [2.24, 2.45) is 0 Å². The normalized spacial score (nSPS) is 10.4. The zero-order valence-corrected chi connectivity index (χ0v) is 13.2. The van der Waals surface area contributed by atoms with Crippen LogP contribution in [0.4, 0.5) is 4.39 Å². The van der Waals surface area contributed by atoms with Gasteiger partial charge in [0, 0.05) is 21.5 Å². The Balaban J connectivity index is 2.18. The predicted molar refractivity (Wildman–Crippen MR) is 81.4 cm³/mol. The Hall–Kier alpha value is -1.26. The Morgan fingerprint density at radius 2 is 1.85 bits per heavy atom. The first-order valence-electron chi connectivity index (χ1n) is 5.93. The molecule has 5 heteroatoms. The van der Waals surface area contributed by atoms with Crippen LogP contribution in [0.5, 0.6) is 11.5 Å². The molecule has 0 unspecified atom stereocenters. The summed E-state index contributed by atoms with van der Waals surface area (Å²) in [5.41, 5.74) is 1.59. The lowest BCUT2D eigenvalue weighted by atomic mass is 10.2. The number of hydrogen-bond donors (Lipinski definition) is 0. The molecule has 20 heavy (non-hydrogen) atoms. The van der Waals surface area contributed by atoms with Gasteiger partial charge in [-0.1, -0.05) is 27.5 Å². The number of methoxy groups -OCH3 is 1. The number of ether oxygens (including phenoxy) is 2. The zero-order chi connectivity index (χ0) is 14.5. The summed E-state index contributed by atoms with van der Waals surface area (Å²) in [7, 11) is 1.59. The second-order valence-corrected chi connectivity index (χ2v) is 5.13. The van der Waals surface area contributed by atoms with Crippen molar-refractivity contribution in [2.75, 3.05) is 7.11 Å². The van der Waals surface area contributed by atoms with Crippen LogP contribution in [-0.4, -0.2) is 7.11 Å². The van der Waals surface area contributed by atoms with Crippen molar-refractivity contribution in [1.82, 2.24) is 0 Å². The van der Waals surface area contributed by atoms with Gasteiger partial charge >= 0.3 is 0 Å². The lowest BCUT2D eigenvalue weighted by Crippen LogP contribution is -2.00. The number of hydrogen-bond acceptors (Lipinski definition) is 2. The minimum Gasteiger partial charge on any atom is -0.496 e. The van der Waals surface area contributed by atoms with Gasteiger partial charge in [0.25, 0.3) is 0 Å². The molecule has 0 spiro atoms. The third-order valence-corrected chi connectivity index (χ3v) is 3.63. The molecule has 0 aliphatic heterocycles. The molecule has 2 aromatic carbocycles. The van der Waals surface area contributed by atoms with Crippen molar-refractivity contribution in [3.63, 3.8) is 0 Å². The average molecular weight is 360 g/mol. The molecular formula is C15H13BrClFO2. The lowest BCUT2D eigenvalue weighted by molar-refractivity contribution is 0.294. The molecule has 0 atom stereocenters. The molecule has 0 aliphatic carbocycles. The summed E-state index contributed by atoms with van der Waals surface area (Å²) in [5, 5.41) is 1.14. The first kappa shape index (κ1) is 15.1. The van der Waals surface area contributed by atoms with E-state index < -0.39 is 0 Å². The van der Waals surface area contributed by atoms with E-state index in [4.69, 9.17) is 21.1 Å². The van der Waals surface area contributed by atoms with Gasteiger partial charge in [-0.15, -0.1) is 0 Å². The topological polar surface area (TPSA) is 18.5 Å². The fourth-order valence-corrected chi connectivity index (χ4v) is 2.44. The Labute approximate surface area is 130 Å². The van der Waals surface area contributed by atoms with Crippen LogP contribution in [0.25, 0.3) is 0 Å². The first-order chi connectivity index (χ1) is 9.63. The number of alkyl halides is 1. The minimum absolute atomic E-state index is 0.285. The minimum atomic E-state index is -0.285. The highest BCUT2D eigenvalue weighted by molar-refractivity contribution is 9.08. The maximum absolute atomic E-state index is 13.2. The van der Waals surface area contributed by atoms with Gasteiger partial charge in [0.2, 0.25) is 0 Å². The van der Waals surface area contributed by atoms with E-state index in [0.29, 0.717) is 28.5 Å². The van der Waals surface area contributed by atoms with E-state index in [0.717, 1.165) is 11.1 Å². The molecule has 0 fully saturated rings. The average Bonchev–Trinajstić information content (AvgIpc) is 2.46. The van der Waals surface area contributed by atoms with Crippen LogP contribution in [0.1, 0.15) is 11.1 Å². The third kappa shape index (κ3) is 3.64. The Bertz CT molecular complexity index is 604. The SMILES string of the molecule is COc1ccc(Cl)cc1COc1ccc(F)cc1CBr. The summed E-state index contributed by atoms with van der Waals surface area (Å²) >= 11 is 9.28. The second-order valence-electron chi connectivity index (χ2n) is 4.13. The zero-order valence-electron chi connectivity index (χ0n) is 10.8. The smallest absolute Gasteiger partial charge is 0.125 e. The molecule has 2 rings (SSSR count). The first-order valence-corrected chi connectivity index (χ1v) is 7.43. The van der Waals surface area contributed by atoms with E-state index in [1.54, 1.807) is 31.4 Å². The Morgan fingerprint density at radius 1 is 1.10 bits per heavy atom. The molecule has 0 saturated carbocycles. The lowest BCUT2D eigenvalue weighted by Gasteiger charge is -2.13. The van der Waals surface area contributed by atoms with Crippen molar-refractivity contribution < 1.29 is 13.9 Å². The maximum Gasteiger partial charge on any atom is 0.125 e. The molecule has 0 amide bonds. The summed E-state index contributed by atoms with van der Waals surface area (Å²) in [6.07, 6.45) is 0. The molecule has 106 valence electrons. The predicted octanol–water partition coefficient (Wildman–Crippen LogP) is 4.96. The van der Waals surface area contributed by atoms with Gasteiger partial charge in [0.05, 0.1) is 7.11 Å². The molecule has 0 N–H and O–H groups in total. The van der Waals surface area contributed by atoms with Crippen LogP contribution in [0.2, 0.25) is 5.02 Å². The summed E-state index contributed by atoms with van der Waals surface area (Å²) in [6, 6.07) is 9.76. The number of benzene rings is 2. The summed E-state index contributed by atoms with van der Waals surface area (Å²) in [4.78, 5) is 0. The van der Waals surface area contributed by atoms with Crippen LogP contribution in [-0.2, 0) is 11.9 Å². The van der Waals surface area contributed by atoms with E-state index in [1.807, 2.05) is 0 Å². The highest BCUT2D eigenvalue weighted by Gasteiger charge is 2.08. The molecule has 0 aromatic heterocycles. The summed E-state index contributed by atoms with van der Waals surface area (Å²) in [6.45, 7) is 0.301. The van der Waals surface area contributed by atoms with Crippen LogP contribution in [0.3, 0.4) is 0 Å². The number of halogens is 3. The van der Waals surface area contributed by atoms with Gasteiger partial charge in [-0.2, -0.15) is 0 Å². The van der Waals surface area contributed by atoms with Gasteiger partial charge in [-0.25, -0.2) is 4.39 Å². The fraction of sp³-hybridized carbons (Fsp3) is 0.200. The molecule has 0 aliphatic rings. The fourth-order valence-electron chi connectivity index (χ4n) is 1.81. The molecule has 0 saturated heterocycles. The van der Waals surface area contributed by atoms with E-state index in [-0.39, 0.29) is 5.82 Å². The Kier molecular flexibility index (Phi) is 5.26. The molecular weight excluding hydrogens is 347 g/mol. The molecule has 0 radical (unpaired) electrons. The molecule has 0 heterocycles. The van der Waals surface area contributed by atoms with E-state index in [9.17, 15) is 4.39 Å². The van der Waals surface area contributed by atoms with Crippen LogP contribution in [0, 0.1) is 5.82 Å². The summed E-state index contributed by atoms with van der Waals surface area (Å²) < 4.78 is 24.1.